The van der Waals surface area contributed by atoms with Crippen LogP contribution in [0.1, 0.15) is 36.6 Å². The number of carbonyl (C=O) groups excluding carboxylic acids is 1. The number of piperazine rings is 1. The Morgan fingerprint density at radius 3 is 2.59 bits per heavy atom. The zero-order valence-electron chi connectivity index (χ0n) is 26.4. The first kappa shape index (κ1) is 29.6. The van der Waals surface area contributed by atoms with Crippen LogP contribution in [0, 0.1) is 25.5 Å². The number of pyridine rings is 1. The molecule has 3 aromatic heterocycles. The summed E-state index contributed by atoms with van der Waals surface area (Å²) in [6.07, 6.45) is 4.49. The number of fused-ring (bicyclic) bond motifs is 3. The summed E-state index contributed by atoms with van der Waals surface area (Å²) < 4.78 is 36.3. The third kappa shape index (κ3) is 4.22. The van der Waals surface area contributed by atoms with Gasteiger partial charge in [0.15, 0.2) is 11.6 Å². The van der Waals surface area contributed by atoms with Gasteiger partial charge in [-0.05, 0) is 49.1 Å². The van der Waals surface area contributed by atoms with E-state index in [-0.39, 0.29) is 45.8 Å². The molecule has 0 bridgehead atoms. The molecule has 2 aliphatic rings. The van der Waals surface area contributed by atoms with Gasteiger partial charge in [0.1, 0.15) is 11.3 Å². The molecule has 0 spiro atoms. The Balaban J connectivity index is 1.65. The van der Waals surface area contributed by atoms with E-state index in [9.17, 15) is 9.59 Å². The van der Waals surface area contributed by atoms with Crippen LogP contribution in [0.15, 0.2) is 48.0 Å². The summed E-state index contributed by atoms with van der Waals surface area (Å²) in [6.45, 7) is 12.4. The highest BCUT2D eigenvalue weighted by molar-refractivity contribution is 6.08. The summed E-state index contributed by atoms with van der Waals surface area (Å²) in [5, 5.41) is 7.80. The number of anilines is 2. The number of amides is 1. The second-order valence-electron chi connectivity index (χ2n) is 12.4. The Bertz CT molecular complexity index is 2150. The van der Waals surface area contributed by atoms with Crippen molar-refractivity contribution < 1.29 is 13.6 Å². The van der Waals surface area contributed by atoms with Gasteiger partial charge in [-0.25, -0.2) is 13.6 Å². The molecular formula is C34H34F2N8O2. The van der Waals surface area contributed by atoms with Gasteiger partial charge in [-0.15, -0.1) is 0 Å². The molecule has 0 saturated carbocycles. The van der Waals surface area contributed by atoms with Crippen LogP contribution < -0.4 is 15.5 Å². The van der Waals surface area contributed by atoms with Crippen LogP contribution in [0.3, 0.4) is 0 Å². The maximum Gasteiger partial charge on any atom is 0.354 e. The Kier molecular flexibility index (Phi) is 6.91. The first-order valence-electron chi connectivity index (χ1n) is 15.3. The molecule has 12 heteroatoms. The molecule has 1 amide bonds. The van der Waals surface area contributed by atoms with Crippen molar-refractivity contribution in [3.05, 3.63) is 82.2 Å². The molecule has 0 radical (unpaired) electrons. The fraction of sp³-hybridized carbons (Fsp3) is 0.324. The van der Waals surface area contributed by atoms with Gasteiger partial charge in [0.2, 0.25) is 5.91 Å². The molecule has 7 rings (SSSR count). The van der Waals surface area contributed by atoms with E-state index in [1.54, 1.807) is 48.3 Å². The van der Waals surface area contributed by atoms with Gasteiger partial charge in [0, 0.05) is 50.4 Å². The predicted octanol–water partition coefficient (Wildman–Crippen LogP) is 5.00. The summed E-state index contributed by atoms with van der Waals surface area (Å²) >= 11 is 0. The summed E-state index contributed by atoms with van der Waals surface area (Å²) in [5.74, 6) is -1.77. The minimum Gasteiger partial charge on any atom is -0.369 e. The maximum absolute atomic E-state index is 17.7. The number of H-pyrrole nitrogens is 1. The fourth-order valence-corrected chi connectivity index (χ4v) is 7.14. The lowest BCUT2D eigenvalue weighted by Crippen LogP contribution is -2.57. The van der Waals surface area contributed by atoms with Crippen LogP contribution in [-0.4, -0.2) is 74.8 Å². The summed E-state index contributed by atoms with van der Waals surface area (Å²) in [4.78, 5) is 41.4. The van der Waals surface area contributed by atoms with E-state index in [1.165, 1.54) is 10.6 Å². The van der Waals surface area contributed by atoms with Gasteiger partial charge in [-0.2, -0.15) is 10.1 Å². The normalized spacial score (nSPS) is 16.3. The molecule has 236 valence electrons. The number of rotatable bonds is 4. The van der Waals surface area contributed by atoms with Crippen LogP contribution in [0.5, 0.6) is 0 Å². The third-order valence-corrected chi connectivity index (χ3v) is 9.28. The molecule has 0 aliphatic carbocycles. The second-order valence-corrected chi connectivity index (χ2v) is 12.4. The van der Waals surface area contributed by atoms with E-state index in [0.717, 1.165) is 0 Å². The number of halogens is 2. The lowest BCUT2D eigenvalue weighted by atomic mass is 9.93. The number of hydrogen-bond acceptors (Lipinski definition) is 7. The molecule has 46 heavy (non-hydrogen) atoms. The Morgan fingerprint density at radius 1 is 1.07 bits per heavy atom. The number of aryl methyl sites for hydroxylation is 2. The molecule has 1 fully saturated rings. The molecule has 2 aromatic carbocycles. The van der Waals surface area contributed by atoms with Crippen LogP contribution >= 0.6 is 0 Å². The molecule has 1 saturated heterocycles. The van der Waals surface area contributed by atoms with Gasteiger partial charge in [-0.1, -0.05) is 26.5 Å². The highest BCUT2D eigenvalue weighted by Gasteiger charge is 2.39. The van der Waals surface area contributed by atoms with Crippen LogP contribution in [0.25, 0.3) is 38.6 Å². The Labute approximate surface area is 264 Å². The van der Waals surface area contributed by atoms with Crippen molar-refractivity contribution in [1.29, 1.82) is 0 Å². The lowest BCUT2D eigenvalue weighted by Gasteiger charge is -2.41. The lowest BCUT2D eigenvalue weighted by molar-refractivity contribution is -0.126. The smallest absolute Gasteiger partial charge is 0.354 e. The zero-order valence-corrected chi connectivity index (χ0v) is 26.4. The maximum atomic E-state index is 17.7. The van der Waals surface area contributed by atoms with E-state index in [0.29, 0.717) is 65.2 Å². The van der Waals surface area contributed by atoms with Gasteiger partial charge in [0.05, 0.1) is 45.8 Å². The summed E-state index contributed by atoms with van der Waals surface area (Å²) in [5.41, 5.74) is 2.45. The molecular weight excluding hydrogens is 590 g/mol. The monoisotopic (exact) mass is 624 g/mol. The molecule has 10 nitrogen and oxygen atoms in total. The van der Waals surface area contributed by atoms with Crippen molar-refractivity contribution in [2.45, 2.75) is 39.7 Å². The van der Waals surface area contributed by atoms with Crippen molar-refractivity contribution in [3.8, 4) is 16.8 Å². The fourth-order valence-electron chi connectivity index (χ4n) is 7.14. The average Bonchev–Trinajstić information content (AvgIpc) is 3.46. The first-order valence-corrected chi connectivity index (χ1v) is 15.3. The highest BCUT2D eigenvalue weighted by Crippen LogP contribution is 2.47. The van der Waals surface area contributed by atoms with Crippen LogP contribution in [-0.2, 0) is 4.79 Å². The highest BCUT2D eigenvalue weighted by atomic mass is 19.1. The Hall–Kier alpha value is -5.13. The number of aromatic amines is 1. The molecule has 2 aliphatic heterocycles. The van der Waals surface area contributed by atoms with Gasteiger partial charge in [0.25, 0.3) is 0 Å². The molecule has 5 aromatic rings. The molecule has 1 N–H and O–H groups in total. The van der Waals surface area contributed by atoms with Crippen molar-refractivity contribution in [2.24, 2.45) is 0 Å². The van der Waals surface area contributed by atoms with E-state index in [2.05, 4.69) is 26.7 Å². The van der Waals surface area contributed by atoms with E-state index >= 15 is 8.78 Å². The summed E-state index contributed by atoms with van der Waals surface area (Å²) in [7, 11) is 1.75. The standard InChI is InChI=1S/C34H34F2N8O2/c1-7-23(45)42-12-13-43-20(16-42)15-41(6)31-26-32(28(36)25(27(31)35)24-18(4)8-9-22-21(24)14-38-40-22)44(34(46)39-33(26)43)30-19(5)10-11-37-29(30)17(2)3/h7-11,14,17,20H,1,12-13,15-16H2,2-6H3,(H,38,40). The van der Waals surface area contributed by atoms with Gasteiger partial charge < -0.3 is 14.7 Å². The van der Waals surface area contributed by atoms with Crippen molar-refractivity contribution in [3.63, 3.8) is 0 Å². The van der Waals surface area contributed by atoms with E-state index < -0.39 is 17.3 Å². The number of benzene rings is 2. The van der Waals surface area contributed by atoms with Crippen molar-refractivity contribution in [2.75, 3.05) is 43.0 Å². The Morgan fingerprint density at radius 2 is 1.85 bits per heavy atom. The quantitative estimate of drug-likeness (QED) is 0.281. The van der Waals surface area contributed by atoms with Gasteiger partial charge in [-0.3, -0.25) is 19.4 Å². The predicted molar refractivity (Wildman–Crippen MR) is 175 cm³/mol. The van der Waals surface area contributed by atoms with Gasteiger partial charge >= 0.3 is 5.69 Å². The largest absolute Gasteiger partial charge is 0.369 e. The number of nitrogens with zero attached hydrogens (tertiary/aromatic N) is 7. The topological polar surface area (TPSA) is 103 Å². The van der Waals surface area contributed by atoms with E-state index in [1.807, 2.05) is 31.7 Å². The second kappa shape index (κ2) is 10.7. The minimum absolute atomic E-state index is 0.0728. The number of nitrogens with one attached hydrogen (secondary N) is 1. The molecule has 1 atom stereocenters. The number of carbonyl (C=O) groups is 1. The number of hydrogen-bond donors (Lipinski definition) is 1. The van der Waals surface area contributed by atoms with E-state index in [4.69, 9.17) is 0 Å². The minimum atomic E-state index is -0.876. The average molecular weight is 625 g/mol. The molecule has 5 heterocycles. The zero-order chi connectivity index (χ0) is 32.6. The third-order valence-electron chi connectivity index (χ3n) is 9.28. The van der Waals surface area contributed by atoms with Crippen LogP contribution in [0.4, 0.5) is 20.3 Å². The SMILES string of the molecule is C=CC(=O)N1CCN2c3nc(=O)n(-c4c(C)ccnc4C(C)C)c4c(F)c(-c5c(C)ccc6[nH]ncc56)c(F)c(c34)N(C)CC2C1. The number of likely N-dealkylation sites (N-methyl/N-ethyl adjacent to an activating group) is 1. The van der Waals surface area contributed by atoms with Crippen molar-refractivity contribution >= 4 is 39.2 Å². The van der Waals surface area contributed by atoms with Crippen LogP contribution in [0.2, 0.25) is 0 Å². The first-order chi connectivity index (χ1) is 22.0. The number of aromatic nitrogens is 5. The molecule has 1 unspecified atom stereocenters. The van der Waals surface area contributed by atoms with Crippen molar-refractivity contribution in [1.82, 2.24) is 29.6 Å². The summed E-state index contributed by atoms with van der Waals surface area (Å²) in [6, 6.07) is 5.03.